The Labute approximate surface area is 167 Å². The van der Waals surface area contributed by atoms with Crippen LogP contribution in [0, 0.1) is 0 Å². The van der Waals surface area contributed by atoms with Crippen LogP contribution in [0.2, 0.25) is 0 Å². The lowest BCUT2D eigenvalue weighted by Gasteiger charge is -2.14. The molecule has 6 nitrogen and oxygen atoms in total. The summed E-state index contributed by atoms with van der Waals surface area (Å²) >= 11 is 0. The zero-order valence-corrected chi connectivity index (χ0v) is 16.7. The Morgan fingerprint density at radius 2 is 2.07 bits per heavy atom. The van der Waals surface area contributed by atoms with Crippen molar-refractivity contribution in [3.8, 4) is 5.75 Å². The normalized spacial score (nSPS) is 16.9. The number of rotatable bonds is 10. The molecule has 28 heavy (non-hydrogen) atoms. The van der Waals surface area contributed by atoms with Crippen LogP contribution in [0.15, 0.2) is 52.1 Å². The molecule has 1 aliphatic heterocycles. The molecule has 0 amide bonds. The monoisotopic (exact) mass is 385 g/mol. The second-order valence-electron chi connectivity index (χ2n) is 6.84. The second kappa shape index (κ2) is 11.4. The van der Waals surface area contributed by atoms with Gasteiger partial charge in [0.25, 0.3) is 0 Å². The fraction of sp³-hybridized carbons (Fsp3) is 0.500. The summed E-state index contributed by atoms with van der Waals surface area (Å²) < 4.78 is 16.7. The zero-order valence-electron chi connectivity index (χ0n) is 16.7. The third-order valence-electron chi connectivity index (χ3n) is 4.64. The number of ether oxygens (including phenoxy) is 2. The third-order valence-corrected chi connectivity index (χ3v) is 4.64. The van der Waals surface area contributed by atoms with Crippen LogP contribution in [-0.2, 0) is 17.6 Å². The highest BCUT2D eigenvalue weighted by atomic mass is 16.5. The molecule has 2 aromatic rings. The summed E-state index contributed by atoms with van der Waals surface area (Å²) in [5, 5.41) is 6.83. The molecule has 3 rings (SSSR count). The van der Waals surface area contributed by atoms with Crippen molar-refractivity contribution in [1.29, 1.82) is 0 Å². The minimum atomic E-state index is 0.242. The molecule has 2 N–H and O–H groups in total. The number of hydrogen-bond donors (Lipinski definition) is 2. The topological polar surface area (TPSA) is 68.0 Å². The maximum absolute atomic E-state index is 5.69. The van der Waals surface area contributed by atoms with Crippen molar-refractivity contribution < 1.29 is 13.9 Å². The van der Waals surface area contributed by atoms with Crippen molar-refractivity contribution in [3.63, 3.8) is 0 Å². The van der Waals surface area contributed by atoms with Gasteiger partial charge in [-0.2, -0.15) is 0 Å². The van der Waals surface area contributed by atoms with Gasteiger partial charge in [-0.3, -0.25) is 4.99 Å². The van der Waals surface area contributed by atoms with Gasteiger partial charge in [0.2, 0.25) is 0 Å². The van der Waals surface area contributed by atoms with Crippen LogP contribution >= 0.6 is 0 Å². The highest BCUT2D eigenvalue weighted by Crippen LogP contribution is 2.13. The minimum absolute atomic E-state index is 0.242. The number of furan rings is 1. The molecular weight excluding hydrogens is 354 g/mol. The van der Waals surface area contributed by atoms with E-state index in [9.17, 15) is 0 Å². The lowest BCUT2D eigenvalue weighted by molar-refractivity contribution is 0.117. The Morgan fingerprint density at radius 3 is 2.82 bits per heavy atom. The highest BCUT2D eigenvalue weighted by molar-refractivity contribution is 5.79. The van der Waals surface area contributed by atoms with E-state index < -0.39 is 0 Å². The maximum Gasteiger partial charge on any atom is 0.191 e. The van der Waals surface area contributed by atoms with Gasteiger partial charge in [-0.25, -0.2) is 0 Å². The molecule has 0 radical (unpaired) electrons. The molecule has 1 aromatic heterocycles. The van der Waals surface area contributed by atoms with Crippen LogP contribution in [0.1, 0.15) is 31.1 Å². The summed E-state index contributed by atoms with van der Waals surface area (Å²) in [5.74, 6) is 2.71. The fourth-order valence-corrected chi connectivity index (χ4v) is 3.20. The first kappa shape index (κ1) is 20.3. The second-order valence-corrected chi connectivity index (χ2v) is 6.84. The molecule has 1 unspecified atom stereocenters. The molecule has 0 aliphatic carbocycles. The van der Waals surface area contributed by atoms with E-state index in [1.165, 1.54) is 5.56 Å². The molecule has 0 saturated carbocycles. The number of aliphatic imine (C=N–C) groups is 1. The Kier molecular flexibility index (Phi) is 8.25. The van der Waals surface area contributed by atoms with Crippen molar-refractivity contribution in [2.75, 3.05) is 32.8 Å². The molecule has 6 heteroatoms. The van der Waals surface area contributed by atoms with Crippen molar-refractivity contribution in [2.45, 2.75) is 38.7 Å². The van der Waals surface area contributed by atoms with Gasteiger partial charge in [-0.05, 0) is 56.0 Å². The van der Waals surface area contributed by atoms with Crippen LogP contribution in [0.3, 0.4) is 0 Å². The number of benzene rings is 1. The predicted octanol–water partition coefficient (Wildman–Crippen LogP) is 3.18. The average molecular weight is 386 g/mol. The minimum Gasteiger partial charge on any atom is -0.494 e. The summed E-state index contributed by atoms with van der Waals surface area (Å²) in [4.78, 5) is 4.72. The molecule has 2 heterocycles. The van der Waals surface area contributed by atoms with Crippen LogP contribution < -0.4 is 15.4 Å². The highest BCUT2D eigenvalue weighted by Gasteiger charge is 2.15. The predicted molar refractivity (Wildman–Crippen MR) is 111 cm³/mol. The standard InChI is InChI=1S/C22H31N3O3/c1-2-26-20-7-3-6-18(16-20)10-12-23-22(25-17-21-9-5-15-28-21)24-13-11-19-8-4-14-27-19/h3-4,6-8,14,16,21H,2,5,9-13,15,17H2,1H3,(H2,23,24,25). The zero-order chi connectivity index (χ0) is 19.4. The van der Waals surface area contributed by atoms with Crippen molar-refractivity contribution in [1.82, 2.24) is 10.6 Å². The van der Waals surface area contributed by atoms with Crippen LogP contribution in [-0.4, -0.2) is 44.9 Å². The van der Waals surface area contributed by atoms with E-state index in [0.717, 1.165) is 62.8 Å². The molecule has 1 saturated heterocycles. The van der Waals surface area contributed by atoms with E-state index >= 15 is 0 Å². The Balaban J connectivity index is 1.48. The van der Waals surface area contributed by atoms with Crippen molar-refractivity contribution >= 4 is 5.96 Å². The number of nitrogens with zero attached hydrogens (tertiary/aromatic N) is 1. The molecular formula is C22H31N3O3. The van der Waals surface area contributed by atoms with Crippen molar-refractivity contribution in [3.05, 3.63) is 54.0 Å². The first-order chi connectivity index (χ1) is 13.8. The summed E-state index contributed by atoms with van der Waals surface area (Å²) in [5.41, 5.74) is 1.24. The lowest BCUT2D eigenvalue weighted by atomic mass is 10.1. The number of nitrogens with one attached hydrogen (secondary N) is 2. The summed E-state index contributed by atoms with van der Waals surface area (Å²) in [7, 11) is 0. The van der Waals surface area contributed by atoms with Gasteiger partial charge < -0.3 is 24.5 Å². The van der Waals surface area contributed by atoms with E-state index in [0.29, 0.717) is 13.2 Å². The van der Waals surface area contributed by atoms with E-state index in [-0.39, 0.29) is 6.10 Å². The molecule has 1 aliphatic rings. The van der Waals surface area contributed by atoms with E-state index in [1.54, 1.807) is 6.26 Å². The number of guanidine groups is 1. The van der Waals surface area contributed by atoms with E-state index in [4.69, 9.17) is 18.9 Å². The summed E-state index contributed by atoms with van der Waals surface area (Å²) in [6.45, 7) is 5.79. The van der Waals surface area contributed by atoms with Gasteiger partial charge in [0.1, 0.15) is 11.5 Å². The quantitative estimate of drug-likeness (QED) is 0.486. The smallest absolute Gasteiger partial charge is 0.191 e. The molecule has 1 atom stereocenters. The number of hydrogen-bond acceptors (Lipinski definition) is 4. The maximum atomic E-state index is 5.69. The third kappa shape index (κ3) is 6.93. The van der Waals surface area contributed by atoms with Gasteiger partial charge in [0.05, 0.1) is 25.5 Å². The van der Waals surface area contributed by atoms with Gasteiger partial charge in [0.15, 0.2) is 5.96 Å². The van der Waals surface area contributed by atoms with Gasteiger partial charge >= 0.3 is 0 Å². The Morgan fingerprint density at radius 1 is 1.18 bits per heavy atom. The van der Waals surface area contributed by atoms with Gasteiger partial charge in [0, 0.05) is 26.1 Å². The fourth-order valence-electron chi connectivity index (χ4n) is 3.20. The molecule has 152 valence electrons. The lowest BCUT2D eigenvalue weighted by Crippen LogP contribution is -2.40. The largest absolute Gasteiger partial charge is 0.494 e. The molecule has 1 fully saturated rings. The average Bonchev–Trinajstić information content (AvgIpc) is 3.40. The first-order valence-electron chi connectivity index (χ1n) is 10.2. The Bertz CT molecular complexity index is 710. The molecule has 1 aromatic carbocycles. The summed E-state index contributed by atoms with van der Waals surface area (Å²) in [6, 6.07) is 12.1. The van der Waals surface area contributed by atoms with Crippen molar-refractivity contribution in [2.24, 2.45) is 4.99 Å². The van der Waals surface area contributed by atoms with Gasteiger partial charge in [-0.15, -0.1) is 0 Å². The van der Waals surface area contributed by atoms with Gasteiger partial charge in [-0.1, -0.05) is 12.1 Å². The Hall–Kier alpha value is -2.47. The first-order valence-corrected chi connectivity index (χ1v) is 10.2. The molecule has 0 spiro atoms. The van der Waals surface area contributed by atoms with Crippen LogP contribution in [0.25, 0.3) is 0 Å². The van der Waals surface area contributed by atoms with E-state index in [1.807, 2.05) is 31.2 Å². The molecule has 0 bridgehead atoms. The van der Waals surface area contributed by atoms with Crippen LogP contribution in [0.4, 0.5) is 0 Å². The van der Waals surface area contributed by atoms with Crippen LogP contribution in [0.5, 0.6) is 5.75 Å². The SMILES string of the molecule is CCOc1cccc(CCNC(=NCC2CCCO2)NCCc2ccco2)c1. The van der Waals surface area contributed by atoms with E-state index in [2.05, 4.69) is 22.8 Å². The summed E-state index contributed by atoms with van der Waals surface area (Å²) in [6.07, 6.45) is 5.89.